The van der Waals surface area contributed by atoms with Crippen LogP contribution in [0.3, 0.4) is 0 Å². The van der Waals surface area contributed by atoms with Gasteiger partial charge in [0.1, 0.15) is 12.1 Å². The van der Waals surface area contributed by atoms with Crippen LogP contribution in [-0.2, 0) is 7.05 Å². The van der Waals surface area contributed by atoms with Gasteiger partial charge in [-0.3, -0.25) is 4.68 Å². The van der Waals surface area contributed by atoms with E-state index in [1.54, 1.807) is 11.0 Å². The highest BCUT2D eigenvalue weighted by atomic mass is 15.3. The molecule has 0 amide bonds. The maximum Gasteiger partial charge on any atom is 0.163 e. The molecule has 108 valence electrons. The van der Waals surface area contributed by atoms with Crippen LogP contribution in [0.1, 0.15) is 6.42 Å². The molecule has 3 heterocycles. The maximum absolute atomic E-state index is 4.31. The second-order valence-electron chi connectivity index (χ2n) is 5.10. The summed E-state index contributed by atoms with van der Waals surface area (Å²) in [7, 11) is 1.89. The van der Waals surface area contributed by atoms with Gasteiger partial charge in [-0.15, -0.1) is 0 Å². The largest absolute Gasteiger partial charge is 0.369 e. The van der Waals surface area contributed by atoms with Crippen LogP contribution >= 0.6 is 0 Å². The summed E-state index contributed by atoms with van der Waals surface area (Å²) in [5, 5.41) is 12.0. The van der Waals surface area contributed by atoms with Crippen molar-refractivity contribution in [3.63, 3.8) is 0 Å². The molecule has 20 heavy (non-hydrogen) atoms. The van der Waals surface area contributed by atoms with Crippen LogP contribution in [0.25, 0.3) is 11.0 Å². The SMILES string of the molecule is Cn1ncc2c(NCCCN3CCNCC3)ncnc21. The number of anilines is 1. The predicted octanol–water partition coefficient (Wildman–Crippen LogP) is 0.0705. The van der Waals surface area contributed by atoms with E-state index in [1.165, 1.54) is 0 Å². The van der Waals surface area contributed by atoms with Gasteiger partial charge in [-0.05, 0) is 13.0 Å². The quantitative estimate of drug-likeness (QED) is 0.753. The molecule has 0 aromatic carbocycles. The first-order valence-corrected chi connectivity index (χ1v) is 7.14. The summed E-state index contributed by atoms with van der Waals surface area (Å²) in [6, 6.07) is 0. The van der Waals surface area contributed by atoms with E-state index >= 15 is 0 Å². The normalized spacial score (nSPS) is 16.6. The number of aryl methyl sites for hydroxylation is 1. The average Bonchev–Trinajstić information content (AvgIpc) is 2.87. The van der Waals surface area contributed by atoms with E-state index < -0.39 is 0 Å². The highest BCUT2D eigenvalue weighted by molar-refractivity contribution is 5.85. The Morgan fingerprint density at radius 2 is 2.15 bits per heavy atom. The summed E-state index contributed by atoms with van der Waals surface area (Å²) < 4.78 is 1.77. The van der Waals surface area contributed by atoms with Crippen molar-refractivity contribution < 1.29 is 0 Å². The lowest BCUT2D eigenvalue weighted by Crippen LogP contribution is -2.44. The standard InChI is InChI=1S/C13H21N7/c1-19-13-11(9-18-19)12(16-10-17-13)15-3-2-6-20-7-4-14-5-8-20/h9-10,14H,2-8H2,1H3,(H,15,16,17). The summed E-state index contributed by atoms with van der Waals surface area (Å²) in [5.74, 6) is 0.878. The van der Waals surface area contributed by atoms with Gasteiger partial charge in [0.25, 0.3) is 0 Å². The summed E-state index contributed by atoms with van der Waals surface area (Å²) in [4.78, 5) is 11.0. The van der Waals surface area contributed by atoms with Gasteiger partial charge in [0, 0.05) is 39.8 Å². The molecule has 0 spiro atoms. The van der Waals surface area contributed by atoms with Crippen LogP contribution in [0.2, 0.25) is 0 Å². The molecule has 3 rings (SSSR count). The zero-order valence-corrected chi connectivity index (χ0v) is 11.8. The van der Waals surface area contributed by atoms with Crippen LogP contribution in [0.4, 0.5) is 5.82 Å². The van der Waals surface area contributed by atoms with Crippen LogP contribution in [0.5, 0.6) is 0 Å². The smallest absolute Gasteiger partial charge is 0.163 e. The third kappa shape index (κ3) is 2.88. The van der Waals surface area contributed by atoms with Crippen molar-refractivity contribution in [3.05, 3.63) is 12.5 Å². The van der Waals surface area contributed by atoms with Gasteiger partial charge in [0.2, 0.25) is 0 Å². The zero-order chi connectivity index (χ0) is 13.8. The Kier molecular flexibility index (Phi) is 4.08. The fourth-order valence-corrected chi connectivity index (χ4v) is 2.55. The summed E-state index contributed by atoms with van der Waals surface area (Å²) >= 11 is 0. The zero-order valence-electron chi connectivity index (χ0n) is 11.8. The first kappa shape index (κ1) is 13.3. The molecule has 0 unspecified atom stereocenters. The Hall–Kier alpha value is -1.73. The van der Waals surface area contributed by atoms with E-state index in [0.29, 0.717) is 0 Å². The first-order chi connectivity index (χ1) is 9.84. The fourth-order valence-electron chi connectivity index (χ4n) is 2.55. The van der Waals surface area contributed by atoms with Crippen molar-refractivity contribution in [1.82, 2.24) is 30.0 Å². The molecule has 0 aliphatic carbocycles. The molecule has 1 fully saturated rings. The molecule has 0 atom stereocenters. The van der Waals surface area contributed by atoms with E-state index in [-0.39, 0.29) is 0 Å². The maximum atomic E-state index is 4.31. The molecule has 2 aromatic rings. The number of hydrogen-bond acceptors (Lipinski definition) is 6. The number of aromatic nitrogens is 4. The van der Waals surface area contributed by atoms with Gasteiger partial charge in [-0.1, -0.05) is 0 Å². The van der Waals surface area contributed by atoms with E-state index in [2.05, 4.69) is 30.6 Å². The van der Waals surface area contributed by atoms with Crippen LogP contribution in [0.15, 0.2) is 12.5 Å². The minimum atomic E-state index is 0.865. The lowest BCUT2D eigenvalue weighted by atomic mass is 10.3. The van der Waals surface area contributed by atoms with Gasteiger partial charge in [0.15, 0.2) is 5.65 Å². The first-order valence-electron chi connectivity index (χ1n) is 7.14. The lowest BCUT2D eigenvalue weighted by molar-refractivity contribution is 0.240. The Balaban J connectivity index is 1.52. The number of fused-ring (bicyclic) bond motifs is 1. The van der Waals surface area contributed by atoms with Crippen LogP contribution in [0, 0.1) is 0 Å². The molecule has 0 saturated carbocycles. The van der Waals surface area contributed by atoms with Crippen molar-refractivity contribution in [1.29, 1.82) is 0 Å². The second kappa shape index (κ2) is 6.15. The monoisotopic (exact) mass is 275 g/mol. The highest BCUT2D eigenvalue weighted by Gasteiger charge is 2.09. The molecule has 7 heteroatoms. The number of rotatable bonds is 5. The van der Waals surface area contributed by atoms with Gasteiger partial charge in [0.05, 0.1) is 11.6 Å². The van der Waals surface area contributed by atoms with E-state index in [9.17, 15) is 0 Å². The topological polar surface area (TPSA) is 70.9 Å². The highest BCUT2D eigenvalue weighted by Crippen LogP contribution is 2.17. The summed E-state index contributed by atoms with van der Waals surface area (Å²) in [6.07, 6.45) is 4.52. The molecule has 2 aromatic heterocycles. The van der Waals surface area contributed by atoms with Crippen LogP contribution < -0.4 is 10.6 Å². The minimum absolute atomic E-state index is 0.865. The van der Waals surface area contributed by atoms with E-state index in [1.807, 2.05) is 13.2 Å². The Morgan fingerprint density at radius 1 is 1.30 bits per heavy atom. The molecular formula is C13H21N7. The molecule has 7 nitrogen and oxygen atoms in total. The minimum Gasteiger partial charge on any atom is -0.369 e. The van der Waals surface area contributed by atoms with Crippen molar-refractivity contribution in [2.75, 3.05) is 44.6 Å². The molecular weight excluding hydrogens is 254 g/mol. The van der Waals surface area contributed by atoms with Gasteiger partial charge >= 0.3 is 0 Å². The number of piperazine rings is 1. The summed E-state index contributed by atoms with van der Waals surface area (Å²) in [5.41, 5.74) is 0.865. The fraction of sp³-hybridized carbons (Fsp3) is 0.615. The second-order valence-corrected chi connectivity index (χ2v) is 5.10. The third-order valence-electron chi connectivity index (χ3n) is 3.68. The Bertz CT molecular complexity index is 559. The van der Waals surface area contributed by atoms with Crippen molar-refractivity contribution >= 4 is 16.9 Å². The lowest BCUT2D eigenvalue weighted by Gasteiger charge is -2.27. The van der Waals surface area contributed by atoms with Gasteiger partial charge in [-0.25, -0.2) is 9.97 Å². The van der Waals surface area contributed by atoms with Crippen molar-refractivity contribution in [3.8, 4) is 0 Å². The molecule has 1 aliphatic rings. The van der Waals surface area contributed by atoms with Gasteiger partial charge in [-0.2, -0.15) is 5.10 Å². The van der Waals surface area contributed by atoms with Crippen molar-refractivity contribution in [2.24, 2.45) is 7.05 Å². The van der Waals surface area contributed by atoms with Crippen molar-refractivity contribution in [2.45, 2.75) is 6.42 Å². The van der Waals surface area contributed by atoms with E-state index in [0.717, 1.165) is 62.5 Å². The molecule has 0 radical (unpaired) electrons. The van der Waals surface area contributed by atoms with E-state index in [4.69, 9.17) is 0 Å². The Labute approximate surface area is 118 Å². The summed E-state index contributed by atoms with van der Waals surface area (Å²) in [6.45, 7) is 6.58. The molecule has 1 aliphatic heterocycles. The molecule has 1 saturated heterocycles. The van der Waals surface area contributed by atoms with Crippen LogP contribution in [-0.4, -0.2) is 63.9 Å². The number of nitrogens with one attached hydrogen (secondary N) is 2. The third-order valence-corrected chi connectivity index (χ3v) is 3.68. The average molecular weight is 275 g/mol. The Morgan fingerprint density at radius 3 is 3.00 bits per heavy atom. The van der Waals surface area contributed by atoms with Gasteiger partial charge < -0.3 is 15.5 Å². The molecule has 2 N–H and O–H groups in total. The molecule has 0 bridgehead atoms. The number of hydrogen-bond donors (Lipinski definition) is 2. The number of nitrogens with zero attached hydrogens (tertiary/aromatic N) is 5. The predicted molar refractivity (Wildman–Crippen MR) is 78.7 cm³/mol.